The molecule has 5 rings (SSSR count). The van der Waals surface area contributed by atoms with Gasteiger partial charge in [-0.3, -0.25) is 9.97 Å². The van der Waals surface area contributed by atoms with E-state index in [0.717, 1.165) is 72.3 Å². The fourth-order valence-electron chi connectivity index (χ4n) is 4.49. The molecule has 4 aromatic rings. The summed E-state index contributed by atoms with van der Waals surface area (Å²) >= 11 is 6.14. The van der Waals surface area contributed by atoms with Gasteiger partial charge in [0, 0.05) is 66.4 Å². The van der Waals surface area contributed by atoms with E-state index < -0.39 is 0 Å². The van der Waals surface area contributed by atoms with Crippen LogP contribution in [0, 0.1) is 6.92 Å². The second-order valence-electron chi connectivity index (χ2n) is 8.90. The Bertz CT molecular complexity index is 1280. The molecular formula is C27H30ClN7. The predicted octanol–water partition coefficient (Wildman–Crippen LogP) is 5.49. The van der Waals surface area contributed by atoms with E-state index in [1.54, 1.807) is 0 Å². The highest BCUT2D eigenvalue weighted by atomic mass is 35.5. The summed E-state index contributed by atoms with van der Waals surface area (Å²) in [5.41, 5.74) is 3.97. The predicted molar refractivity (Wildman–Crippen MR) is 143 cm³/mol. The maximum absolute atomic E-state index is 6.14. The summed E-state index contributed by atoms with van der Waals surface area (Å²) < 4.78 is 0. The molecule has 0 saturated carbocycles. The topological polar surface area (TPSA) is 70.1 Å². The first-order chi connectivity index (χ1) is 17.2. The highest BCUT2D eigenvalue weighted by molar-refractivity contribution is 6.31. The van der Waals surface area contributed by atoms with Gasteiger partial charge in [-0.2, -0.15) is 4.98 Å². The van der Waals surface area contributed by atoms with Crippen LogP contribution in [0.2, 0.25) is 5.02 Å². The summed E-state index contributed by atoms with van der Waals surface area (Å²) in [6.45, 7) is 6.47. The molecule has 0 spiro atoms. The van der Waals surface area contributed by atoms with Crippen molar-refractivity contribution in [3.63, 3.8) is 0 Å². The minimum absolute atomic E-state index is 0.695. The molecule has 0 amide bonds. The summed E-state index contributed by atoms with van der Waals surface area (Å²) in [6, 6.07) is 16.0. The van der Waals surface area contributed by atoms with Crippen molar-refractivity contribution in [3.8, 4) is 0 Å². The third kappa shape index (κ3) is 5.80. The third-order valence-electron chi connectivity index (χ3n) is 6.25. The zero-order valence-electron chi connectivity index (χ0n) is 20.0. The van der Waals surface area contributed by atoms with Crippen LogP contribution in [-0.4, -0.2) is 46.1 Å². The number of nitrogens with one attached hydrogen (secondary N) is 1. The molecule has 7 nitrogen and oxygen atoms in total. The fraction of sp³-hybridized carbons (Fsp3) is 0.333. The van der Waals surface area contributed by atoms with Gasteiger partial charge >= 0.3 is 0 Å². The Hall–Kier alpha value is -3.45. The Kier molecular flexibility index (Phi) is 7.23. The highest BCUT2D eigenvalue weighted by Crippen LogP contribution is 2.25. The maximum atomic E-state index is 6.14. The van der Waals surface area contributed by atoms with Crippen molar-refractivity contribution in [2.45, 2.75) is 32.7 Å². The standard InChI is InChI=1S/C27H30ClN7/c1-20-17-26(33-27(32-20)34-14-4-5-15-34)35(19-22-7-2-3-11-29-22)16-6-12-30-24-10-13-31-25-18-21(28)8-9-23(24)25/h2-3,7-11,13,17-18H,4-6,12,14-16,19H2,1H3,(H,30,31). The van der Waals surface area contributed by atoms with Crippen LogP contribution in [0.1, 0.15) is 30.7 Å². The lowest BCUT2D eigenvalue weighted by Gasteiger charge is -2.26. The zero-order valence-corrected chi connectivity index (χ0v) is 20.7. The minimum atomic E-state index is 0.695. The normalized spacial score (nSPS) is 13.4. The Morgan fingerprint density at radius 3 is 2.71 bits per heavy atom. The third-order valence-corrected chi connectivity index (χ3v) is 6.48. The largest absolute Gasteiger partial charge is 0.384 e. The molecule has 1 fully saturated rings. The summed E-state index contributed by atoms with van der Waals surface area (Å²) in [5.74, 6) is 1.79. The van der Waals surface area contributed by atoms with Gasteiger partial charge in [0.2, 0.25) is 5.95 Å². The number of aromatic nitrogens is 4. The SMILES string of the molecule is Cc1cc(N(CCCNc2ccnc3cc(Cl)ccc23)Cc2ccccn2)nc(N2CCCC2)n1. The number of pyridine rings is 2. The van der Waals surface area contributed by atoms with Crippen LogP contribution < -0.4 is 15.1 Å². The van der Waals surface area contributed by atoms with E-state index in [1.807, 2.05) is 55.7 Å². The number of rotatable bonds is 9. The lowest BCUT2D eigenvalue weighted by Crippen LogP contribution is -2.28. The molecule has 0 atom stereocenters. The van der Waals surface area contributed by atoms with Crippen molar-refractivity contribution in [1.82, 2.24) is 19.9 Å². The molecule has 0 unspecified atom stereocenters. The first kappa shape index (κ1) is 23.3. The van der Waals surface area contributed by atoms with Crippen molar-refractivity contribution in [1.29, 1.82) is 0 Å². The molecule has 1 aliphatic rings. The summed E-state index contributed by atoms with van der Waals surface area (Å²) in [7, 11) is 0. The summed E-state index contributed by atoms with van der Waals surface area (Å²) in [6.07, 6.45) is 7.00. The number of halogens is 1. The van der Waals surface area contributed by atoms with E-state index in [1.165, 1.54) is 12.8 Å². The molecule has 4 heterocycles. The van der Waals surface area contributed by atoms with E-state index in [-0.39, 0.29) is 0 Å². The average Bonchev–Trinajstić information content (AvgIpc) is 3.41. The van der Waals surface area contributed by atoms with Crippen LogP contribution in [-0.2, 0) is 6.54 Å². The van der Waals surface area contributed by atoms with Gasteiger partial charge in [-0.05, 0) is 62.6 Å². The van der Waals surface area contributed by atoms with Crippen molar-refractivity contribution in [3.05, 3.63) is 77.3 Å². The van der Waals surface area contributed by atoms with Crippen LogP contribution in [0.4, 0.5) is 17.5 Å². The Morgan fingerprint density at radius 2 is 1.89 bits per heavy atom. The fourth-order valence-corrected chi connectivity index (χ4v) is 4.65. The van der Waals surface area contributed by atoms with Crippen molar-refractivity contribution < 1.29 is 0 Å². The molecule has 35 heavy (non-hydrogen) atoms. The van der Waals surface area contributed by atoms with Gasteiger partial charge in [-0.1, -0.05) is 17.7 Å². The molecular weight excluding hydrogens is 458 g/mol. The number of anilines is 3. The molecule has 1 aromatic carbocycles. The van der Waals surface area contributed by atoms with E-state index in [2.05, 4.69) is 37.2 Å². The quantitative estimate of drug-likeness (QED) is 0.313. The molecule has 0 bridgehead atoms. The smallest absolute Gasteiger partial charge is 0.227 e. The van der Waals surface area contributed by atoms with E-state index in [4.69, 9.17) is 21.6 Å². The van der Waals surface area contributed by atoms with Gasteiger partial charge in [-0.15, -0.1) is 0 Å². The van der Waals surface area contributed by atoms with Crippen LogP contribution in [0.3, 0.4) is 0 Å². The van der Waals surface area contributed by atoms with Gasteiger partial charge in [-0.25, -0.2) is 4.98 Å². The molecule has 1 N–H and O–H groups in total. The van der Waals surface area contributed by atoms with Gasteiger partial charge < -0.3 is 15.1 Å². The molecule has 3 aromatic heterocycles. The van der Waals surface area contributed by atoms with E-state index in [0.29, 0.717) is 11.6 Å². The Labute approximate surface area is 211 Å². The van der Waals surface area contributed by atoms with Gasteiger partial charge in [0.1, 0.15) is 5.82 Å². The number of fused-ring (bicyclic) bond motifs is 1. The van der Waals surface area contributed by atoms with Gasteiger partial charge in [0.25, 0.3) is 0 Å². The second kappa shape index (κ2) is 10.9. The number of nitrogens with zero attached hydrogens (tertiary/aromatic N) is 6. The van der Waals surface area contributed by atoms with Gasteiger partial charge in [0.05, 0.1) is 17.8 Å². The Balaban J connectivity index is 1.31. The lowest BCUT2D eigenvalue weighted by atomic mass is 10.2. The number of hydrogen-bond acceptors (Lipinski definition) is 7. The highest BCUT2D eigenvalue weighted by Gasteiger charge is 2.18. The molecule has 1 saturated heterocycles. The van der Waals surface area contributed by atoms with Gasteiger partial charge in [0.15, 0.2) is 0 Å². The summed E-state index contributed by atoms with van der Waals surface area (Å²) in [4.78, 5) is 23.3. The zero-order chi connectivity index (χ0) is 24.0. The lowest BCUT2D eigenvalue weighted by molar-refractivity contribution is 0.722. The van der Waals surface area contributed by atoms with Crippen LogP contribution in [0.5, 0.6) is 0 Å². The summed E-state index contributed by atoms with van der Waals surface area (Å²) in [5, 5.41) is 5.35. The minimum Gasteiger partial charge on any atom is -0.384 e. The van der Waals surface area contributed by atoms with Crippen LogP contribution >= 0.6 is 11.6 Å². The Morgan fingerprint density at radius 1 is 1.00 bits per heavy atom. The number of hydrogen-bond donors (Lipinski definition) is 1. The van der Waals surface area contributed by atoms with Crippen LogP contribution in [0.25, 0.3) is 10.9 Å². The maximum Gasteiger partial charge on any atom is 0.227 e. The monoisotopic (exact) mass is 487 g/mol. The first-order valence-electron chi connectivity index (χ1n) is 12.2. The molecule has 0 aliphatic carbocycles. The van der Waals surface area contributed by atoms with Crippen LogP contribution in [0.15, 0.2) is 60.9 Å². The molecule has 0 radical (unpaired) electrons. The number of benzene rings is 1. The molecule has 8 heteroatoms. The van der Waals surface area contributed by atoms with Crippen molar-refractivity contribution >= 4 is 40.0 Å². The average molecular weight is 488 g/mol. The molecule has 180 valence electrons. The van der Waals surface area contributed by atoms with E-state index >= 15 is 0 Å². The molecule has 1 aliphatic heterocycles. The van der Waals surface area contributed by atoms with Crippen molar-refractivity contribution in [2.75, 3.05) is 41.3 Å². The van der Waals surface area contributed by atoms with E-state index in [9.17, 15) is 0 Å². The number of aryl methyl sites for hydroxylation is 1. The van der Waals surface area contributed by atoms with Crippen molar-refractivity contribution in [2.24, 2.45) is 0 Å². The second-order valence-corrected chi connectivity index (χ2v) is 9.34. The first-order valence-corrected chi connectivity index (χ1v) is 12.6.